The third-order valence-corrected chi connectivity index (χ3v) is 9.54. The summed E-state index contributed by atoms with van der Waals surface area (Å²) in [5.41, 5.74) is 11.5. The molecule has 3 aromatic heterocycles. The minimum Gasteiger partial charge on any atom is -0.456 e. The molecule has 218 valence electrons. The van der Waals surface area contributed by atoms with Gasteiger partial charge in [-0.2, -0.15) is 5.26 Å². The number of aromatic nitrogens is 2. The van der Waals surface area contributed by atoms with Gasteiger partial charge in [-0.1, -0.05) is 66.7 Å². The third-order valence-electron chi connectivity index (χ3n) is 9.54. The Morgan fingerprint density at radius 3 is 1.72 bits per heavy atom. The molecule has 0 spiro atoms. The number of furan rings is 1. The summed E-state index contributed by atoms with van der Waals surface area (Å²) in [6, 6.07) is 55.5. The van der Waals surface area contributed by atoms with Crippen molar-refractivity contribution in [3.63, 3.8) is 0 Å². The highest BCUT2D eigenvalue weighted by molar-refractivity contribution is 6.18. The molecule has 7 aromatic carbocycles. The molecule has 0 aliphatic rings. The summed E-state index contributed by atoms with van der Waals surface area (Å²) in [7, 11) is 0. The molecule has 0 bridgehead atoms. The first kappa shape index (κ1) is 25.7. The van der Waals surface area contributed by atoms with Crippen molar-refractivity contribution < 1.29 is 4.42 Å². The monoisotopic (exact) mass is 599 g/mol. The van der Waals surface area contributed by atoms with E-state index in [1.807, 2.05) is 36.4 Å². The van der Waals surface area contributed by atoms with Crippen LogP contribution in [0, 0.1) is 11.3 Å². The minimum atomic E-state index is 0.655. The zero-order chi connectivity index (χ0) is 31.1. The van der Waals surface area contributed by atoms with Gasteiger partial charge in [0, 0.05) is 49.8 Å². The van der Waals surface area contributed by atoms with Crippen LogP contribution in [0.2, 0.25) is 0 Å². The maximum absolute atomic E-state index is 9.34. The van der Waals surface area contributed by atoms with Crippen molar-refractivity contribution in [1.82, 2.24) is 9.13 Å². The quantitative estimate of drug-likeness (QED) is 0.203. The zero-order valence-corrected chi connectivity index (χ0v) is 25.2. The minimum absolute atomic E-state index is 0.655. The fourth-order valence-electron chi connectivity index (χ4n) is 7.39. The maximum atomic E-state index is 9.34. The van der Waals surface area contributed by atoms with E-state index in [0.29, 0.717) is 5.56 Å². The second kappa shape index (κ2) is 9.71. The molecule has 10 aromatic rings. The first-order valence-corrected chi connectivity index (χ1v) is 15.7. The highest BCUT2D eigenvalue weighted by atomic mass is 16.3. The van der Waals surface area contributed by atoms with E-state index in [4.69, 9.17) is 4.42 Å². The maximum Gasteiger partial charge on any atom is 0.137 e. The number of para-hydroxylation sites is 3. The van der Waals surface area contributed by atoms with Gasteiger partial charge in [-0.3, -0.25) is 0 Å². The topological polar surface area (TPSA) is 46.8 Å². The van der Waals surface area contributed by atoms with E-state index in [-0.39, 0.29) is 0 Å². The lowest BCUT2D eigenvalue weighted by Gasteiger charge is -2.09. The van der Waals surface area contributed by atoms with E-state index in [0.717, 1.165) is 60.9 Å². The summed E-state index contributed by atoms with van der Waals surface area (Å²) >= 11 is 0. The molecule has 0 atom stereocenters. The molecule has 0 saturated heterocycles. The van der Waals surface area contributed by atoms with Crippen LogP contribution in [0.3, 0.4) is 0 Å². The molecule has 3 heterocycles. The number of benzene rings is 7. The molecule has 0 fully saturated rings. The van der Waals surface area contributed by atoms with E-state index in [2.05, 4.69) is 130 Å². The molecule has 4 nitrogen and oxygen atoms in total. The van der Waals surface area contributed by atoms with Crippen molar-refractivity contribution in [2.45, 2.75) is 0 Å². The predicted octanol–water partition coefficient (Wildman–Crippen LogP) is 11.3. The van der Waals surface area contributed by atoms with Crippen LogP contribution in [0.5, 0.6) is 0 Å². The fraction of sp³-hybridized carbons (Fsp3) is 0. The first-order chi connectivity index (χ1) is 23.2. The van der Waals surface area contributed by atoms with Crippen LogP contribution >= 0.6 is 0 Å². The van der Waals surface area contributed by atoms with Crippen molar-refractivity contribution in [3.8, 4) is 28.6 Å². The molecular formula is C43H25N3O. The average molecular weight is 600 g/mol. The molecule has 10 rings (SSSR count). The van der Waals surface area contributed by atoms with E-state index in [1.54, 1.807) is 0 Å². The van der Waals surface area contributed by atoms with E-state index >= 15 is 0 Å². The van der Waals surface area contributed by atoms with Crippen LogP contribution in [0.15, 0.2) is 156 Å². The van der Waals surface area contributed by atoms with Gasteiger partial charge in [-0.25, -0.2) is 0 Å². The summed E-state index contributed by atoms with van der Waals surface area (Å²) in [4.78, 5) is 0. The summed E-state index contributed by atoms with van der Waals surface area (Å²) in [6.45, 7) is 0. The van der Waals surface area contributed by atoms with Gasteiger partial charge in [-0.05, 0) is 90.0 Å². The number of nitrogens with zero attached hydrogens (tertiary/aromatic N) is 3. The zero-order valence-electron chi connectivity index (χ0n) is 25.2. The Kier molecular flexibility index (Phi) is 5.32. The van der Waals surface area contributed by atoms with Crippen molar-refractivity contribution >= 4 is 65.6 Å². The number of rotatable bonds is 3. The summed E-state index contributed by atoms with van der Waals surface area (Å²) in [6.07, 6.45) is 0. The van der Waals surface area contributed by atoms with Crippen molar-refractivity contribution in [1.29, 1.82) is 5.26 Å². The molecule has 0 radical (unpaired) electrons. The highest BCUT2D eigenvalue weighted by Gasteiger charge is 2.18. The lowest BCUT2D eigenvalue weighted by Crippen LogP contribution is -1.93. The van der Waals surface area contributed by atoms with Crippen LogP contribution in [-0.2, 0) is 0 Å². The second-order valence-corrected chi connectivity index (χ2v) is 12.1. The normalized spacial score (nSPS) is 11.8. The van der Waals surface area contributed by atoms with Crippen LogP contribution < -0.4 is 0 Å². The van der Waals surface area contributed by atoms with Crippen LogP contribution in [-0.4, -0.2) is 9.13 Å². The lowest BCUT2D eigenvalue weighted by molar-refractivity contribution is 0.669. The van der Waals surface area contributed by atoms with Gasteiger partial charge in [-0.15, -0.1) is 0 Å². The van der Waals surface area contributed by atoms with Gasteiger partial charge in [0.25, 0.3) is 0 Å². The molecular weight excluding hydrogens is 574 g/mol. The number of fused-ring (bicyclic) bond motifs is 9. The third kappa shape index (κ3) is 3.75. The summed E-state index contributed by atoms with van der Waals surface area (Å²) in [5, 5.41) is 16.4. The van der Waals surface area contributed by atoms with Crippen LogP contribution in [0.1, 0.15) is 5.56 Å². The molecule has 0 aliphatic heterocycles. The van der Waals surface area contributed by atoms with Gasteiger partial charge < -0.3 is 13.6 Å². The Hall–Kier alpha value is -6.57. The van der Waals surface area contributed by atoms with Gasteiger partial charge in [0.15, 0.2) is 0 Å². The predicted molar refractivity (Wildman–Crippen MR) is 193 cm³/mol. The fourth-order valence-corrected chi connectivity index (χ4v) is 7.39. The smallest absolute Gasteiger partial charge is 0.137 e. The van der Waals surface area contributed by atoms with Crippen LogP contribution in [0.25, 0.3) is 88.1 Å². The number of hydrogen-bond acceptors (Lipinski definition) is 2. The molecule has 47 heavy (non-hydrogen) atoms. The van der Waals surface area contributed by atoms with Crippen LogP contribution in [0.4, 0.5) is 0 Å². The van der Waals surface area contributed by atoms with Crippen molar-refractivity contribution in [2.24, 2.45) is 0 Å². The molecule has 0 aliphatic carbocycles. The van der Waals surface area contributed by atoms with Gasteiger partial charge in [0.1, 0.15) is 11.2 Å². The summed E-state index contributed by atoms with van der Waals surface area (Å²) in [5.74, 6) is 0. The molecule has 0 N–H and O–H groups in total. The Balaban J connectivity index is 1.22. The number of hydrogen-bond donors (Lipinski definition) is 0. The molecule has 4 heteroatoms. The van der Waals surface area contributed by atoms with Crippen molar-refractivity contribution in [3.05, 3.63) is 157 Å². The van der Waals surface area contributed by atoms with E-state index in [9.17, 15) is 5.26 Å². The van der Waals surface area contributed by atoms with E-state index < -0.39 is 0 Å². The van der Waals surface area contributed by atoms with Gasteiger partial charge >= 0.3 is 0 Å². The standard InChI is InChI=1S/C43H25N3O/c44-26-27-14-18-31(19-15-27)45-38-12-6-4-10-32(38)34-22-28(16-20-39(34)45)29-17-21-40-35(23-29)36-24-37-33-11-5-7-13-42(33)47-43(37)25-41(36)46(40)30-8-2-1-3-9-30/h1-25H. The second-order valence-electron chi connectivity index (χ2n) is 12.1. The van der Waals surface area contributed by atoms with E-state index in [1.165, 1.54) is 27.1 Å². The Bertz CT molecular complexity index is 2900. The molecule has 0 unspecified atom stereocenters. The van der Waals surface area contributed by atoms with Gasteiger partial charge in [0.05, 0.1) is 33.7 Å². The lowest BCUT2D eigenvalue weighted by atomic mass is 10.00. The molecule has 0 saturated carbocycles. The Morgan fingerprint density at radius 1 is 0.404 bits per heavy atom. The van der Waals surface area contributed by atoms with Gasteiger partial charge in [0.2, 0.25) is 0 Å². The largest absolute Gasteiger partial charge is 0.456 e. The van der Waals surface area contributed by atoms with Crippen molar-refractivity contribution in [2.75, 3.05) is 0 Å². The highest BCUT2D eigenvalue weighted by Crippen LogP contribution is 2.41. The Morgan fingerprint density at radius 2 is 0.979 bits per heavy atom. The first-order valence-electron chi connectivity index (χ1n) is 15.7. The SMILES string of the molecule is N#Cc1ccc(-n2c3ccccc3c3cc(-c4ccc5c(c4)c4cc6c(cc4n5-c4ccccc4)oc4ccccc46)ccc32)cc1. The Labute approximate surface area is 269 Å². The molecule has 0 amide bonds. The average Bonchev–Trinajstić information content (AvgIpc) is 3.77. The number of nitriles is 1. The summed E-state index contributed by atoms with van der Waals surface area (Å²) < 4.78 is 11.0.